The van der Waals surface area contributed by atoms with Crippen LogP contribution in [0.15, 0.2) is 77.7 Å². The normalized spacial score (nSPS) is 10.8. The molecule has 0 spiro atoms. The highest BCUT2D eigenvalue weighted by Gasteiger charge is 2.20. The first-order valence-electron chi connectivity index (χ1n) is 9.86. The molecule has 3 aromatic rings. The van der Waals surface area contributed by atoms with Crippen molar-refractivity contribution in [3.63, 3.8) is 0 Å². The summed E-state index contributed by atoms with van der Waals surface area (Å²) in [6, 6.07) is 17.1. The summed E-state index contributed by atoms with van der Waals surface area (Å²) in [5.74, 6) is -1.79. The number of hydrogen-bond acceptors (Lipinski definition) is 6. The minimum atomic E-state index is -4.01. The Morgan fingerprint density at radius 2 is 1.55 bits per heavy atom. The molecule has 2 N–H and O–H groups in total. The third kappa shape index (κ3) is 6.30. The van der Waals surface area contributed by atoms with E-state index in [-0.39, 0.29) is 21.8 Å². The van der Waals surface area contributed by atoms with Gasteiger partial charge in [-0.15, -0.1) is 0 Å². The van der Waals surface area contributed by atoms with Gasteiger partial charge in [-0.1, -0.05) is 24.3 Å². The zero-order valence-corrected chi connectivity index (χ0v) is 18.4. The predicted molar refractivity (Wildman–Crippen MR) is 120 cm³/mol. The third-order valence-corrected chi connectivity index (χ3v) is 5.70. The summed E-state index contributed by atoms with van der Waals surface area (Å²) < 4.78 is 51.8. The molecule has 0 heterocycles. The molecule has 0 bridgehead atoms. The molecule has 172 valence electrons. The lowest BCUT2D eigenvalue weighted by molar-refractivity contribution is -0.119. The molecule has 0 fully saturated rings. The van der Waals surface area contributed by atoms with E-state index in [4.69, 9.17) is 9.47 Å². The van der Waals surface area contributed by atoms with Crippen LogP contribution in [0.25, 0.3) is 0 Å². The highest BCUT2D eigenvalue weighted by atomic mass is 32.2. The van der Waals surface area contributed by atoms with E-state index in [1.807, 2.05) is 6.92 Å². The van der Waals surface area contributed by atoms with Crippen LogP contribution >= 0.6 is 0 Å². The maximum absolute atomic E-state index is 13.6. The Labute approximate surface area is 190 Å². The molecule has 8 nitrogen and oxygen atoms in total. The molecule has 3 aromatic carbocycles. The van der Waals surface area contributed by atoms with Gasteiger partial charge in [0.25, 0.3) is 15.9 Å². The van der Waals surface area contributed by atoms with Crippen LogP contribution in [-0.4, -0.2) is 33.5 Å². The van der Waals surface area contributed by atoms with Crippen molar-refractivity contribution in [2.75, 3.05) is 23.3 Å². The summed E-state index contributed by atoms with van der Waals surface area (Å²) in [7, 11) is -4.01. The van der Waals surface area contributed by atoms with Gasteiger partial charge >= 0.3 is 5.97 Å². The number of nitrogens with one attached hydrogen (secondary N) is 2. The quantitative estimate of drug-likeness (QED) is 0.458. The van der Waals surface area contributed by atoms with E-state index in [0.29, 0.717) is 12.4 Å². The smallest absolute Gasteiger partial charge is 0.340 e. The fourth-order valence-electron chi connectivity index (χ4n) is 2.79. The van der Waals surface area contributed by atoms with Crippen molar-refractivity contribution in [3.05, 3.63) is 84.2 Å². The lowest BCUT2D eigenvalue weighted by atomic mass is 10.2. The molecule has 0 radical (unpaired) electrons. The molecule has 0 saturated carbocycles. The average Bonchev–Trinajstić information content (AvgIpc) is 2.80. The van der Waals surface area contributed by atoms with Crippen molar-refractivity contribution >= 4 is 33.3 Å². The van der Waals surface area contributed by atoms with Crippen LogP contribution in [-0.2, 0) is 19.6 Å². The van der Waals surface area contributed by atoms with E-state index in [1.165, 1.54) is 72.8 Å². The summed E-state index contributed by atoms with van der Waals surface area (Å²) in [6.45, 7) is 1.57. The summed E-state index contributed by atoms with van der Waals surface area (Å²) >= 11 is 0. The Morgan fingerprint density at radius 3 is 2.21 bits per heavy atom. The fourth-order valence-corrected chi connectivity index (χ4v) is 3.87. The van der Waals surface area contributed by atoms with Crippen LogP contribution in [0.3, 0.4) is 0 Å². The zero-order chi connectivity index (χ0) is 23.8. The Kier molecular flexibility index (Phi) is 7.62. The van der Waals surface area contributed by atoms with Gasteiger partial charge in [-0.05, 0) is 55.5 Å². The molecule has 0 aliphatic rings. The highest BCUT2D eigenvalue weighted by Crippen LogP contribution is 2.22. The number of amides is 1. The maximum Gasteiger partial charge on any atom is 0.340 e. The maximum atomic E-state index is 13.6. The number of carbonyl (C=O) groups is 2. The molecule has 1 amide bonds. The highest BCUT2D eigenvalue weighted by molar-refractivity contribution is 7.92. The van der Waals surface area contributed by atoms with Gasteiger partial charge in [-0.25, -0.2) is 17.6 Å². The average molecular weight is 472 g/mol. The van der Waals surface area contributed by atoms with E-state index < -0.39 is 34.3 Å². The number of benzene rings is 3. The first kappa shape index (κ1) is 23.7. The molecule has 0 aromatic heterocycles. The summed E-state index contributed by atoms with van der Waals surface area (Å²) in [5.41, 5.74) is -0.168. The number of rotatable bonds is 9. The molecule has 33 heavy (non-hydrogen) atoms. The van der Waals surface area contributed by atoms with E-state index in [0.717, 1.165) is 0 Å². The lowest BCUT2D eigenvalue weighted by Gasteiger charge is -2.13. The van der Waals surface area contributed by atoms with Crippen LogP contribution < -0.4 is 14.8 Å². The molecule has 0 aliphatic heterocycles. The largest absolute Gasteiger partial charge is 0.494 e. The van der Waals surface area contributed by atoms with Crippen LogP contribution in [0.5, 0.6) is 5.75 Å². The number of esters is 1. The van der Waals surface area contributed by atoms with E-state index in [9.17, 15) is 22.4 Å². The first-order chi connectivity index (χ1) is 15.8. The van der Waals surface area contributed by atoms with Gasteiger partial charge in [-0.3, -0.25) is 9.52 Å². The predicted octanol–water partition coefficient (Wildman–Crippen LogP) is 3.82. The number of carbonyl (C=O) groups excluding carboxylic acids is 2. The topological polar surface area (TPSA) is 111 Å². The van der Waals surface area contributed by atoms with Gasteiger partial charge in [0, 0.05) is 0 Å². The Balaban J connectivity index is 1.68. The van der Waals surface area contributed by atoms with Crippen molar-refractivity contribution in [2.24, 2.45) is 0 Å². The fraction of sp³-hybridized carbons (Fsp3) is 0.130. The Bertz CT molecular complexity index is 1250. The monoisotopic (exact) mass is 472 g/mol. The zero-order valence-electron chi connectivity index (χ0n) is 17.6. The molecule has 0 atom stereocenters. The second-order valence-electron chi connectivity index (χ2n) is 6.66. The molecule has 0 saturated heterocycles. The van der Waals surface area contributed by atoms with Crippen LogP contribution in [0.1, 0.15) is 17.3 Å². The van der Waals surface area contributed by atoms with Crippen molar-refractivity contribution < 1.29 is 31.9 Å². The van der Waals surface area contributed by atoms with Crippen LogP contribution in [0.2, 0.25) is 0 Å². The molecular formula is C23H21FN2O6S. The summed E-state index contributed by atoms with van der Waals surface area (Å²) in [6.07, 6.45) is 0. The lowest BCUT2D eigenvalue weighted by Crippen LogP contribution is -2.22. The summed E-state index contributed by atoms with van der Waals surface area (Å²) in [5, 5.41) is 2.29. The number of anilines is 2. The number of para-hydroxylation sites is 2. The van der Waals surface area contributed by atoms with Crippen LogP contribution in [0.4, 0.5) is 15.8 Å². The second-order valence-corrected chi connectivity index (χ2v) is 8.34. The van der Waals surface area contributed by atoms with Gasteiger partial charge < -0.3 is 14.8 Å². The van der Waals surface area contributed by atoms with Crippen molar-refractivity contribution in [2.45, 2.75) is 11.8 Å². The standard InChI is InChI=1S/C23H21FN2O6S/c1-2-31-16-11-13-17(14-12-16)33(29,30)26-20-9-5-3-7-18(20)23(28)32-15-22(27)25-21-10-6-4-8-19(21)24/h3-14,26H,2,15H2,1H3,(H,25,27). The van der Waals surface area contributed by atoms with E-state index in [1.54, 1.807) is 0 Å². The van der Waals surface area contributed by atoms with Crippen molar-refractivity contribution in [1.29, 1.82) is 0 Å². The number of sulfonamides is 1. The molecule has 0 unspecified atom stereocenters. The minimum absolute atomic E-state index is 0.0223. The molecule has 0 aliphatic carbocycles. The van der Waals surface area contributed by atoms with Gasteiger partial charge in [0.2, 0.25) is 0 Å². The van der Waals surface area contributed by atoms with Gasteiger partial charge in [0.05, 0.1) is 28.4 Å². The second kappa shape index (κ2) is 10.6. The van der Waals surface area contributed by atoms with E-state index in [2.05, 4.69) is 10.0 Å². The number of hydrogen-bond donors (Lipinski definition) is 2. The minimum Gasteiger partial charge on any atom is -0.494 e. The molecular weight excluding hydrogens is 451 g/mol. The SMILES string of the molecule is CCOc1ccc(S(=O)(=O)Nc2ccccc2C(=O)OCC(=O)Nc2ccccc2F)cc1. The Hall–Kier alpha value is -3.92. The molecule has 10 heteroatoms. The van der Waals surface area contributed by atoms with Gasteiger partial charge in [-0.2, -0.15) is 0 Å². The van der Waals surface area contributed by atoms with Crippen molar-refractivity contribution in [1.82, 2.24) is 0 Å². The number of ether oxygens (including phenoxy) is 2. The summed E-state index contributed by atoms with van der Waals surface area (Å²) in [4.78, 5) is 24.5. The first-order valence-corrected chi connectivity index (χ1v) is 11.3. The van der Waals surface area contributed by atoms with Crippen molar-refractivity contribution in [3.8, 4) is 5.75 Å². The van der Waals surface area contributed by atoms with Gasteiger partial charge in [0.1, 0.15) is 11.6 Å². The van der Waals surface area contributed by atoms with Crippen LogP contribution in [0, 0.1) is 5.82 Å². The third-order valence-electron chi connectivity index (χ3n) is 4.32. The van der Waals surface area contributed by atoms with E-state index >= 15 is 0 Å². The van der Waals surface area contributed by atoms with Gasteiger partial charge in [0.15, 0.2) is 6.61 Å². The number of halogens is 1. The molecule has 3 rings (SSSR count). The Morgan fingerprint density at radius 1 is 0.909 bits per heavy atom.